The van der Waals surface area contributed by atoms with Crippen LogP contribution in [0.4, 0.5) is 36.3 Å². The second-order valence-electron chi connectivity index (χ2n) is 9.90. The van der Waals surface area contributed by atoms with Gasteiger partial charge in [0, 0.05) is 57.1 Å². The highest BCUT2D eigenvalue weighted by molar-refractivity contribution is 5.96. The SMILES string of the molecule is Cc1ccc(Nc2nccc(N(C)c3ccc(CC(=O)Cc4ccc(OC(F)(F)F)cc4)cc3)n2)cc1C(=O)N(C)C. The number of Topliss-reactive ketones (excluding diaryl/α,β-unsaturated/α-hetero) is 1. The van der Waals surface area contributed by atoms with Crippen LogP contribution in [0.1, 0.15) is 27.0 Å². The van der Waals surface area contributed by atoms with E-state index in [-0.39, 0.29) is 30.3 Å². The Kier molecular flexibility index (Phi) is 9.09. The number of halogens is 3. The van der Waals surface area contributed by atoms with E-state index in [0.717, 1.165) is 16.8 Å². The summed E-state index contributed by atoms with van der Waals surface area (Å²) >= 11 is 0. The second kappa shape index (κ2) is 12.7. The monoisotopic (exact) mass is 577 g/mol. The van der Waals surface area contributed by atoms with Gasteiger partial charge in [-0.3, -0.25) is 9.59 Å². The van der Waals surface area contributed by atoms with Gasteiger partial charge in [-0.2, -0.15) is 4.98 Å². The Balaban J connectivity index is 1.38. The van der Waals surface area contributed by atoms with Gasteiger partial charge >= 0.3 is 6.36 Å². The maximum absolute atomic E-state index is 12.6. The van der Waals surface area contributed by atoms with Crippen LogP contribution in [0.3, 0.4) is 0 Å². The molecule has 0 saturated heterocycles. The van der Waals surface area contributed by atoms with Gasteiger partial charge in [0.25, 0.3) is 5.91 Å². The Morgan fingerprint density at radius 1 is 0.881 bits per heavy atom. The fraction of sp³-hybridized carbons (Fsp3) is 0.226. The van der Waals surface area contributed by atoms with Gasteiger partial charge in [0.2, 0.25) is 5.95 Å². The fourth-order valence-corrected chi connectivity index (χ4v) is 4.19. The molecule has 0 aliphatic rings. The molecule has 0 spiro atoms. The predicted octanol–water partition coefficient (Wildman–Crippen LogP) is 6.25. The average Bonchev–Trinajstić information content (AvgIpc) is 2.94. The molecule has 0 saturated carbocycles. The number of nitrogens with one attached hydrogen (secondary N) is 1. The molecule has 11 heteroatoms. The minimum Gasteiger partial charge on any atom is -0.406 e. The van der Waals surface area contributed by atoms with Crippen LogP contribution >= 0.6 is 0 Å². The number of amides is 1. The van der Waals surface area contributed by atoms with Crippen molar-refractivity contribution in [2.75, 3.05) is 31.4 Å². The molecule has 1 N–H and O–H groups in total. The molecule has 3 aromatic carbocycles. The molecule has 4 rings (SSSR count). The van der Waals surface area contributed by atoms with Crippen LogP contribution in [0, 0.1) is 6.92 Å². The molecule has 0 radical (unpaired) electrons. The number of ketones is 1. The van der Waals surface area contributed by atoms with Crippen LogP contribution in [0.5, 0.6) is 5.75 Å². The largest absolute Gasteiger partial charge is 0.573 e. The number of carbonyl (C=O) groups is 2. The molecule has 1 heterocycles. The van der Waals surface area contributed by atoms with Gasteiger partial charge < -0.3 is 19.9 Å². The van der Waals surface area contributed by atoms with Gasteiger partial charge in [-0.1, -0.05) is 30.3 Å². The van der Waals surface area contributed by atoms with E-state index >= 15 is 0 Å². The van der Waals surface area contributed by atoms with E-state index in [1.165, 1.54) is 29.2 Å². The Morgan fingerprint density at radius 2 is 1.50 bits per heavy atom. The minimum absolute atomic E-state index is 0.0707. The van der Waals surface area contributed by atoms with Gasteiger partial charge in [-0.25, -0.2) is 4.98 Å². The molecule has 218 valence electrons. The lowest BCUT2D eigenvalue weighted by Crippen LogP contribution is -2.22. The number of hydrogen-bond acceptors (Lipinski definition) is 7. The third kappa shape index (κ3) is 8.06. The summed E-state index contributed by atoms with van der Waals surface area (Å²) in [5.74, 6) is 0.506. The van der Waals surface area contributed by atoms with Crippen molar-refractivity contribution in [2.24, 2.45) is 0 Å². The van der Waals surface area contributed by atoms with Gasteiger partial charge in [0.1, 0.15) is 17.4 Å². The van der Waals surface area contributed by atoms with Crippen molar-refractivity contribution in [3.8, 4) is 5.75 Å². The zero-order valence-corrected chi connectivity index (χ0v) is 23.6. The van der Waals surface area contributed by atoms with E-state index < -0.39 is 6.36 Å². The molecule has 0 unspecified atom stereocenters. The summed E-state index contributed by atoms with van der Waals surface area (Å²) < 4.78 is 40.9. The van der Waals surface area contributed by atoms with E-state index in [1.54, 1.807) is 32.4 Å². The first-order chi connectivity index (χ1) is 19.9. The molecule has 4 aromatic rings. The normalized spacial score (nSPS) is 11.1. The molecule has 0 atom stereocenters. The molecular weight excluding hydrogens is 547 g/mol. The lowest BCUT2D eigenvalue weighted by molar-refractivity contribution is -0.274. The topological polar surface area (TPSA) is 87.7 Å². The average molecular weight is 578 g/mol. The Labute approximate surface area is 241 Å². The molecule has 8 nitrogen and oxygen atoms in total. The first-order valence-corrected chi connectivity index (χ1v) is 13.0. The Hall–Kier alpha value is -4.93. The fourth-order valence-electron chi connectivity index (χ4n) is 4.19. The summed E-state index contributed by atoms with van der Waals surface area (Å²) in [6.07, 6.45) is -2.85. The number of anilines is 4. The number of rotatable bonds is 10. The van der Waals surface area contributed by atoms with Gasteiger partial charge in [-0.15, -0.1) is 13.2 Å². The van der Waals surface area contributed by atoms with Crippen molar-refractivity contribution >= 4 is 34.8 Å². The van der Waals surface area contributed by atoms with Crippen LogP contribution in [0.15, 0.2) is 79.0 Å². The predicted molar refractivity (Wildman–Crippen MR) is 155 cm³/mol. The number of carbonyl (C=O) groups excluding carboxylic acids is 2. The van der Waals surface area contributed by atoms with Crippen LogP contribution in [-0.2, 0) is 17.6 Å². The summed E-state index contributed by atoms with van der Waals surface area (Å²) in [7, 11) is 5.27. The quantitative estimate of drug-likeness (QED) is 0.238. The van der Waals surface area contributed by atoms with Gasteiger partial charge in [0.05, 0.1) is 0 Å². The number of ether oxygens (including phenoxy) is 1. The van der Waals surface area contributed by atoms with Crippen molar-refractivity contribution in [3.05, 3.63) is 101 Å². The smallest absolute Gasteiger partial charge is 0.406 e. The summed E-state index contributed by atoms with van der Waals surface area (Å²) in [4.78, 5) is 37.4. The number of aryl methyl sites for hydroxylation is 1. The van der Waals surface area contributed by atoms with Crippen molar-refractivity contribution in [2.45, 2.75) is 26.1 Å². The highest BCUT2D eigenvalue weighted by Gasteiger charge is 2.31. The molecule has 1 amide bonds. The van der Waals surface area contributed by atoms with E-state index in [4.69, 9.17) is 0 Å². The van der Waals surface area contributed by atoms with Crippen LogP contribution < -0.4 is 15.0 Å². The van der Waals surface area contributed by atoms with Gasteiger partial charge in [0.15, 0.2) is 0 Å². The standard InChI is InChI=1S/C31H30F3N5O3/c1-20-5-10-23(19-27(20)29(41)38(2)3)36-30-35-16-15-28(37-30)39(4)24-11-6-21(7-12-24)17-25(40)18-22-8-13-26(14-9-22)42-31(32,33)34/h5-16,19H,17-18H2,1-4H3,(H,35,36,37). The van der Waals surface area contributed by atoms with Crippen LogP contribution in [0.25, 0.3) is 0 Å². The molecule has 0 aliphatic heterocycles. The van der Waals surface area contributed by atoms with Crippen molar-refractivity contribution in [1.82, 2.24) is 14.9 Å². The first-order valence-electron chi connectivity index (χ1n) is 13.0. The molecule has 0 fully saturated rings. The molecule has 0 aliphatic carbocycles. The van der Waals surface area contributed by atoms with Gasteiger partial charge in [-0.05, 0) is 66.1 Å². The maximum Gasteiger partial charge on any atom is 0.573 e. The highest BCUT2D eigenvalue weighted by atomic mass is 19.4. The third-order valence-corrected chi connectivity index (χ3v) is 6.40. The molecule has 42 heavy (non-hydrogen) atoms. The van der Waals surface area contributed by atoms with Crippen LogP contribution in [-0.4, -0.2) is 54.1 Å². The number of benzene rings is 3. The van der Waals surface area contributed by atoms with E-state index in [0.29, 0.717) is 28.6 Å². The van der Waals surface area contributed by atoms with E-state index in [9.17, 15) is 22.8 Å². The lowest BCUT2D eigenvalue weighted by atomic mass is 10.0. The van der Waals surface area contributed by atoms with Crippen molar-refractivity contribution in [1.29, 1.82) is 0 Å². The lowest BCUT2D eigenvalue weighted by Gasteiger charge is -2.19. The van der Waals surface area contributed by atoms with Crippen LogP contribution in [0.2, 0.25) is 0 Å². The molecular formula is C31H30F3N5O3. The maximum atomic E-state index is 12.6. The summed E-state index contributed by atoms with van der Waals surface area (Å²) in [5, 5.41) is 3.16. The zero-order chi connectivity index (χ0) is 30.4. The summed E-state index contributed by atoms with van der Waals surface area (Å²) in [6, 6.07) is 20.0. The van der Waals surface area contributed by atoms with Crippen molar-refractivity contribution in [3.63, 3.8) is 0 Å². The van der Waals surface area contributed by atoms with E-state index in [2.05, 4.69) is 20.0 Å². The zero-order valence-electron chi connectivity index (χ0n) is 23.6. The molecule has 0 bridgehead atoms. The van der Waals surface area contributed by atoms with Crippen molar-refractivity contribution < 1.29 is 27.5 Å². The molecule has 1 aromatic heterocycles. The Bertz CT molecular complexity index is 1560. The van der Waals surface area contributed by atoms with E-state index in [1.807, 2.05) is 55.3 Å². The number of hydrogen-bond donors (Lipinski definition) is 1. The number of nitrogens with zero attached hydrogens (tertiary/aromatic N) is 4. The number of alkyl halides is 3. The highest BCUT2D eigenvalue weighted by Crippen LogP contribution is 2.26. The second-order valence-corrected chi connectivity index (χ2v) is 9.90. The minimum atomic E-state index is -4.76. The third-order valence-electron chi connectivity index (χ3n) is 6.40. The number of aromatic nitrogens is 2. The summed E-state index contributed by atoms with van der Waals surface area (Å²) in [6.45, 7) is 1.88. The first kappa shape index (κ1) is 30.0. The Morgan fingerprint density at radius 3 is 2.10 bits per heavy atom. The summed E-state index contributed by atoms with van der Waals surface area (Å²) in [5.41, 5.74) is 4.39.